The standard InChI is InChI=1S/C11H16N4S/c1-3-16-7-8(2)15-10-9(14-11(15)12)5-4-6-13-10/h4-6,8H,3,7H2,1-2H3,(H2,12,14). The number of anilines is 1. The van der Waals surface area contributed by atoms with E-state index in [4.69, 9.17) is 5.73 Å². The number of nitrogens with two attached hydrogens (primary N) is 1. The number of rotatable bonds is 4. The summed E-state index contributed by atoms with van der Waals surface area (Å²) >= 11 is 1.90. The number of imidazole rings is 1. The summed E-state index contributed by atoms with van der Waals surface area (Å²) in [5.41, 5.74) is 7.68. The maximum Gasteiger partial charge on any atom is 0.202 e. The fourth-order valence-electron chi connectivity index (χ4n) is 1.74. The van der Waals surface area contributed by atoms with E-state index in [1.165, 1.54) is 0 Å². The summed E-state index contributed by atoms with van der Waals surface area (Å²) in [5.74, 6) is 2.70. The lowest BCUT2D eigenvalue weighted by molar-refractivity contribution is 0.632. The molecule has 0 aliphatic heterocycles. The molecule has 5 heteroatoms. The summed E-state index contributed by atoms with van der Waals surface area (Å²) in [5, 5.41) is 0. The molecule has 2 N–H and O–H groups in total. The van der Waals surface area contributed by atoms with E-state index in [0.717, 1.165) is 22.7 Å². The van der Waals surface area contributed by atoms with Crippen molar-refractivity contribution in [3.63, 3.8) is 0 Å². The average molecular weight is 236 g/mol. The van der Waals surface area contributed by atoms with Gasteiger partial charge in [-0.05, 0) is 24.8 Å². The molecule has 0 saturated carbocycles. The van der Waals surface area contributed by atoms with Gasteiger partial charge in [0.25, 0.3) is 0 Å². The minimum Gasteiger partial charge on any atom is -0.369 e. The average Bonchev–Trinajstić information content (AvgIpc) is 2.62. The zero-order valence-electron chi connectivity index (χ0n) is 9.55. The fraction of sp³-hybridized carbons (Fsp3) is 0.455. The van der Waals surface area contributed by atoms with Crippen molar-refractivity contribution in [3.8, 4) is 0 Å². The first-order valence-corrected chi connectivity index (χ1v) is 6.55. The SMILES string of the molecule is CCSCC(C)n1c(N)nc2cccnc21. The molecule has 86 valence electrons. The van der Waals surface area contributed by atoms with E-state index >= 15 is 0 Å². The highest BCUT2D eigenvalue weighted by atomic mass is 32.2. The van der Waals surface area contributed by atoms with Crippen LogP contribution in [0.2, 0.25) is 0 Å². The Morgan fingerprint density at radius 3 is 3.12 bits per heavy atom. The zero-order valence-corrected chi connectivity index (χ0v) is 10.4. The third-order valence-corrected chi connectivity index (χ3v) is 3.61. The Morgan fingerprint density at radius 2 is 2.38 bits per heavy atom. The first kappa shape index (κ1) is 11.3. The van der Waals surface area contributed by atoms with E-state index in [9.17, 15) is 0 Å². The van der Waals surface area contributed by atoms with Crippen molar-refractivity contribution in [1.29, 1.82) is 0 Å². The lowest BCUT2D eigenvalue weighted by Gasteiger charge is -2.14. The van der Waals surface area contributed by atoms with Crippen molar-refractivity contribution in [2.45, 2.75) is 19.9 Å². The van der Waals surface area contributed by atoms with Gasteiger partial charge in [0, 0.05) is 18.0 Å². The molecule has 4 nitrogen and oxygen atoms in total. The molecule has 0 radical (unpaired) electrons. The second-order valence-electron chi connectivity index (χ2n) is 3.69. The van der Waals surface area contributed by atoms with Crippen LogP contribution in [0.15, 0.2) is 18.3 Å². The molecule has 1 unspecified atom stereocenters. The molecule has 0 fully saturated rings. The van der Waals surface area contributed by atoms with Gasteiger partial charge >= 0.3 is 0 Å². The van der Waals surface area contributed by atoms with Crippen LogP contribution < -0.4 is 5.73 Å². The number of thioether (sulfide) groups is 1. The fourth-order valence-corrected chi connectivity index (χ4v) is 2.47. The maximum atomic E-state index is 5.93. The van der Waals surface area contributed by atoms with Crippen LogP contribution in [-0.2, 0) is 0 Å². The van der Waals surface area contributed by atoms with Crippen LogP contribution in [0.25, 0.3) is 11.2 Å². The van der Waals surface area contributed by atoms with Crippen molar-refractivity contribution in [2.24, 2.45) is 0 Å². The van der Waals surface area contributed by atoms with E-state index in [1.54, 1.807) is 6.20 Å². The second kappa shape index (κ2) is 4.74. The van der Waals surface area contributed by atoms with Crippen molar-refractivity contribution in [3.05, 3.63) is 18.3 Å². The molecule has 2 rings (SSSR count). The van der Waals surface area contributed by atoms with Crippen LogP contribution in [0.4, 0.5) is 5.95 Å². The summed E-state index contributed by atoms with van der Waals surface area (Å²) in [6.07, 6.45) is 1.78. The Labute approximate surface area is 99.3 Å². The van der Waals surface area contributed by atoms with Gasteiger partial charge in [0.05, 0.1) is 0 Å². The molecule has 16 heavy (non-hydrogen) atoms. The number of aromatic nitrogens is 3. The Morgan fingerprint density at radius 1 is 1.56 bits per heavy atom. The molecule has 0 aromatic carbocycles. The van der Waals surface area contributed by atoms with Gasteiger partial charge in [-0.25, -0.2) is 9.97 Å². The first-order chi connectivity index (χ1) is 7.74. The van der Waals surface area contributed by atoms with Crippen molar-refractivity contribution < 1.29 is 0 Å². The number of hydrogen-bond acceptors (Lipinski definition) is 4. The topological polar surface area (TPSA) is 56.7 Å². The largest absolute Gasteiger partial charge is 0.369 e. The Balaban J connectivity index is 2.38. The summed E-state index contributed by atoms with van der Waals surface area (Å²) < 4.78 is 2.01. The van der Waals surface area contributed by atoms with Gasteiger partial charge < -0.3 is 5.73 Å². The van der Waals surface area contributed by atoms with E-state index in [1.807, 2.05) is 28.5 Å². The van der Waals surface area contributed by atoms with Crippen LogP contribution >= 0.6 is 11.8 Å². The van der Waals surface area contributed by atoms with Crippen LogP contribution in [-0.4, -0.2) is 26.0 Å². The lowest BCUT2D eigenvalue weighted by atomic mass is 10.3. The molecule has 2 heterocycles. The molecular weight excluding hydrogens is 220 g/mol. The van der Waals surface area contributed by atoms with Gasteiger partial charge in [0.1, 0.15) is 5.52 Å². The third-order valence-electron chi connectivity index (χ3n) is 2.48. The summed E-state index contributed by atoms with van der Waals surface area (Å²) in [6, 6.07) is 4.14. The Bertz CT molecular complexity index is 480. The normalized spacial score (nSPS) is 13.1. The van der Waals surface area contributed by atoms with E-state index in [2.05, 4.69) is 23.8 Å². The highest BCUT2D eigenvalue weighted by Gasteiger charge is 2.14. The van der Waals surface area contributed by atoms with Gasteiger partial charge in [-0.1, -0.05) is 6.92 Å². The van der Waals surface area contributed by atoms with E-state index in [0.29, 0.717) is 12.0 Å². The minimum atomic E-state index is 0.324. The van der Waals surface area contributed by atoms with Gasteiger partial charge in [-0.15, -0.1) is 0 Å². The number of hydrogen-bond donors (Lipinski definition) is 1. The molecule has 2 aromatic rings. The molecule has 0 amide bonds. The maximum absolute atomic E-state index is 5.93. The number of fused-ring (bicyclic) bond motifs is 1. The number of pyridine rings is 1. The van der Waals surface area contributed by atoms with Crippen LogP contribution in [0.1, 0.15) is 19.9 Å². The monoisotopic (exact) mass is 236 g/mol. The minimum absolute atomic E-state index is 0.324. The predicted molar refractivity (Wildman–Crippen MR) is 69.7 cm³/mol. The second-order valence-corrected chi connectivity index (χ2v) is 5.01. The van der Waals surface area contributed by atoms with Crippen LogP contribution in [0.5, 0.6) is 0 Å². The molecule has 0 saturated heterocycles. The summed E-state index contributed by atoms with van der Waals surface area (Å²) in [6.45, 7) is 4.31. The summed E-state index contributed by atoms with van der Waals surface area (Å²) in [4.78, 5) is 8.65. The van der Waals surface area contributed by atoms with Crippen LogP contribution in [0.3, 0.4) is 0 Å². The van der Waals surface area contributed by atoms with Crippen molar-refractivity contribution in [2.75, 3.05) is 17.2 Å². The highest BCUT2D eigenvalue weighted by Crippen LogP contribution is 2.23. The lowest BCUT2D eigenvalue weighted by Crippen LogP contribution is -2.11. The molecule has 0 aliphatic carbocycles. The van der Waals surface area contributed by atoms with Gasteiger partial charge in [-0.2, -0.15) is 11.8 Å². The van der Waals surface area contributed by atoms with Crippen LogP contribution in [0, 0.1) is 0 Å². The Hall–Kier alpha value is -1.23. The van der Waals surface area contributed by atoms with Gasteiger partial charge in [0.15, 0.2) is 5.65 Å². The van der Waals surface area contributed by atoms with Gasteiger partial charge in [-0.3, -0.25) is 4.57 Å². The van der Waals surface area contributed by atoms with Crippen molar-refractivity contribution in [1.82, 2.24) is 14.5 Å². The molecule has 0 aliphatic rings. The molecule has 2 aromatic heterocycles. The first-order valence-electron chi connectivity index (χ1n) is 5.40. The molecule has 0 bridgehead atoms. The highest BCUT2D eigenvalue weighted by molar-refractivity contribution is 7.99. The molecular formula is C11H16N4S. The smallest absolute Gasteiger partial charge is 0.202 e. The van der Waals surface area contributed by atoms with E-state index in [-0.39, 0.29) is 0 Å². The van der Waals surface area contributed by atoms with E-state index < -0.39 is 0 Å². The summed E-state index contributed by atoms with van der Waals surface area (Å²) in [7, 11) is 0. The molecule has 1 atom stereocenters. The van der Waals surface area contributed by atoms with Gasteiger partial charge in [0.2, 0.25) is 5.95 Å². The molecule has 0 spiro atoms. The zero-order chi connectivity index (χ0) is 11.5. The quantitative estimate of drug-likeness (QED) is 0.885. The number of nitrogen functional groups attached to an aromatic ring is 1. The van der Waals surface area contributed by atoms with Crippen molar-refractivity contribution >= 4 is 28.9 Å². The number of nitrogens with zero attached hydrogens (tertiary/aromatic N) is 3. The Kier molecular flexibility index (Phi) is 3.33. The third kappa shape index (κ3) is 2.00. The predicted octanol–water partition coefficient (Wildman–Crippen LogP) is 2.33.